The van der Waals surface area contributed by atoms with E-state index in [9.17, 15) is 0 Å². The van der Waals surface area contributed by atoms with E-state index in [-0.39, 0.29) is 5.50 Å². The molecule has 1 aliphatic carbocycles. The van der Waals surface area contributed by atoms with Gasteiger partial charge in [-0.3, -0.25) is 16.2 Å². The highest BCUT2D eigenvalue weighted by Gasteiger charge is 2.11. The predicted octanol–water partition coefficient (Wildman–Crippen LogP) is 2.12. The molecule has 0 bridgehead atoms. The summed E-state index contributed by atoms with van der Waals surface area (Å²) >= 11 is 6.06. The van der Waals surface area contributed by atoms with E-state index in [1.54, 1.807) is 0 Å². The van der Waals surface area contributed by atoms with Crippen LogP contribution in [0.2, 0.25) is 0 Å². The van der Waals surface area contributed by atoms with Gasteiger partial charge in [0.2, 0.25) is 0 Å². The first-order valence-electron chi connectivity index (χ1n) is 8.00. The van der Waals surface area contributed by atoms with E-state index in [1.165, 1.54) is 44.9 Å². The molecule has 1 fully saturated rings. The lowest BCUT2D eigenvalue weighted by Crippen LogP contribution is -2.42. The summed E-state index contributed by atoms with van der Waals surface area (Å²) in [5, 5.41) is 6.50. The second kappa shape index (κ2) is 12.6. The highest BCUT2D eigenvalue weighted by molar-refractivity contribution is 6.20. The van der Waals surface area contributed by atoms with Crippen LogP contribution in [0.4, 0.5) is 0 Å². The molecule has 0 aliphatic heterocycles. The van der Waals surface area contributed by atoms with Crippen molar-refractivity contribution < 1.29 is 0 Å². The smallest absolute Gasteiger partial charge is 0.0953 e. The predicted molar refractivity (Wildman–Crippen MR) is 88.0 cm³/mol. The van der Waals surface area contributed by atoms with Gasteiger partial charge in [0.15, 0.2) is 0 Å². The normalized spacial score (nSPS) is 18.1. The molecule has 118 valence electrons. The van der Waals surface area contributed by atoms with E-state index < -0.39 is 0 Å². The molecule has 1 rings (SSSR count). The Morgan fingerprint density at radius 3 is 2.65 bits per heavy atom. The molecule has 0 aromatic heterocycles. The minimum Gasteiger partial charge on any atom is -0.314 e. The van der Waals surface area contributed by atoms with Gasteiger partial charge in [0, 0.05) is 25.7 Å². The van der Waals surface area contributed by atoms with Crippen LogP contribution in [0.5, 0.6) is 0 Å². The Hall–Kier alpha value is -0.130. The van der Waals surface area contributed by atoms with Crippen molar-refractivity contribution in [3.63, 3.8) is 0 Å². The molecule has 0 aromatic rings. The van der Waals surface area contributed by atoms with Crippen molar-refractivity contribution in [2.75, 3.05) is 26.2 Å². The number of hydrazine groups is 1. The van der Waals surface area contributed by atoms with Gasteiger partial charge in [0.1, 0.15) is 0 Å². The molecule has 0 amide bonds. The SMILES string of the molecule is C=CCNC(Cl)CNCCCCNNC1CCCCC1. The van der Waals surface area contributed by atoms with E-state index in [2.05, 4.69) is 28.1 Å². The van der Waals surface area contributed by atoms with Crippen LogP contribution in [0.1, 0.15) is 44.9 Å². The van der Waals surface area contributed by atoms with Crippen molar-refractivity contribution in [1.29, 1.82) is 0 Å². The molecule has 20 heavy (non-hydrogen) atoms. The van der Waals surface area contributed by atoms with E-state index in [0.717, 1.165) is 26.2 Å². The minimum atomic E-state index is -0.0147. The molecule has 1 atom stereocenters. The summed E-state index contributed by atoms with van der Waals surface area (Å²) in [5.41, 5.74) is 6.78. The van der Waals surface area contributed by atoms with Crippen LogP contribution in [0.3, 0.4) is 0 Å². The van der Waals surface area contributed by atoms with Crippen molar-refractivity contribution in [1.82, 2.24) is 21.5 Å². The third-order valence-electron chi connectivity index (χ3n) is 3.62. The minimum absolute atomic E-state index is 0.0147. The van der Waals surface area contributed by atoms with Crippen molar-refractivity contribution in [2.24, 2.45) is 0 Å². The van der Waals surface area contributed by atoms with Gasteiger partial charge in [0.05, 0.1) is 5.50 Å². The monoisotopic (exact) mass is 302 g/mol. The molecule has 0 saturated heterocycles. The van der Waals surface area contributed by atoms with Crippen LogP contribution in [0, 0.1) is 0 Å². The number of nitrogens with one attached hydrogen (secondary N) is 4. The maximum absolute atomic E-state index is 6.06. The average molecular weight is 303 g/mol. The third-order valence-corrected chi connectivity index (χ3v) is 3.93. The lowest BCUT2D eigenvalue weighted by molar-refractivity contribution is 0.332. The van der Waals surface area contributed by atoms with Crippen LogP contribution < -0.4 is 21.5 Å². The van der Waals surface area contributed by atoms with E-state index in [0.29, 0.717) is 6.04 Å². The average Bonchev–Trinajstić information content (AvgIpc) is 2.49. The van der Waals surface area contributed by atoms with Crippen LogP contribution >= 0.6 is 11.6 Å². The summed E-state index contributed by atoms with van der Waals surface area (Å²) in [6.45, 7) is 7.26. The standard InChI is InChI=1S/C15H31ClN4/c1-2-10-18-15(16)13-17-11-6-7-12-19-20-14-8-4-3-5-9-14/h2,14-15,17-20H,1,3-13H2. The van der Waals surface area contributed by atoms with Crippen molar-refractivity contribution in [3.8, 4) is 0 Å². The van der Waals surface area contributed by atoms with Gasteiger partial charge in [0.25, 0.3) is 0 Å². The van der Waals surface area contributed by atoms with Gasteiger partial charge in [-0.1, -0.05) is 25.3 Å². The molecule has 4 nitrogen and oxygen atoms in total. The zero-order valence-corrected chi connectivity index (χ0v) is 13.4. The summed E-state index contributed by atoms with van der Waals surface area (Å²) in [7, 11) is 0. The Kier molecular flexibility index (Phi) is 11.3. The Morgan fingerprint density at radius 2 is 1.90 bits per heavy atom. The Balaban J connectivity index is 1.79. The molecule has 0 spiro atoms. The number of halogens is 1. The molecule has 0 heterocycles. The molecule has 0 aromatic carbocycles. The number of alkyl halides is 1. The van der Waals surface area contributed by atoms with Crippen LogP contribution in [-0.4, -0.2) is 37.7 Å². The van der Waals surface area contributed by atoms with E-state index in [1.807, 2.05) is 6.08 Å². The Labute approximate surface area is 129 Å². The lowest BCUT2D eigenvalue weighted by atomic mass is 9.96. The molecule has 0 radical (unpaired) electrons. The zero-order valence-electron chi connectivity index (χ0n) is 12.6. The summed E-state index contributed by atoms with van der Waals surface area (Å²) in [6.07, 6.45) is 11.0. The lowest BCUT2D eigenvalue weighted by Gasteiger charge is -2.23. The second-order valence-electron chi connectivity index (χ2n) is 5.48. The maximum atomic E-state index is 6.06. The Bertz CT molecular complexity index is 232. The summed E-state index contributed by atoms with van der Waals surface area (Å²) in [6, 6.07) is 0.690. The highest BCUT2D eigenvalue weighted by atomic mass is 35.5. The fourth-order valence-electron chi connectivity index (χ4n) is 2.44. The summed E-state index contributed by atoms with van der Waals surface area (Å²) < 4.78 is 0. The first-order chi connectivity index (χ1) is 9.83. The fraction of sp³-hybridized carbons (Fsp3) is 0.867. The first-order valence-corrected chi connectivity index (χ1v) is 8.44. The maximum Gasteiger partial charge on any atom is 0.0953 e. The number of hydrogen-bond acceptors (Lipinski definition) is 4. The highest BCUT2D eigenvalue weighted by Crippen LogP contribution is 2.16. The number of rotatable bonds is 12. The fourth-order valence-corrected chi connectivity index (χ4v) is 2.64. The molecular formula is C15H31ClN4. The summed E-state index contributed by atoms with van der Waals surface area (Å²) in [4.78, 5) is 0. The van der Waals surface area contributed by atoms with E-state index >= 15 is 0 Å². The van der Waals surface area contributed by atoms with E-state index in [4.69, 9.17) is 11.6 Å². The first kappa shape index (κ1) is 17.9. The van der Waals surface area contributed by atoms with Crippen molar-refractivity contribution in [2.45, 2.75) is 56.5 Å². The Morgan fingerprint density at radius 1 is 1.15 bits per heavy atom. The molecule has 1 aliphatic rings. The van der Waals surface area contributed by atoms with Crippen LogP contribution in [-0.2, 0) is 0 Å². The molecular weight excluding hydrogens is 272 g/mol. The molecule has 1 unspecified atom stereocenters. The van der Waals surface area contributed by atoms with Gasteiger partial charge in [-0.2, -0.15) is 0 Å². The van der Waals surface area contributed by atoms with Gasteiger partial charge in [-0.25, -0.2) is 0 Å². The molecule has 5 heteroatoms. The van der Waals surface area contributed by atoms with Gasteiger partial charge < -0.3 is 5.32 Å². The third kappa shape index (κ3) is 9.72. The van der Waals surface area contributed by atoms with Gasteiger partial charge >= 0.3 is 0 Å². The summed E-state index contributed by atoms with van der Waals surface area (Å²) in [5.74, 6) is 0. The topological polar surface area (TPSA) is 48.1 Å². The molecule has 4 N–H and O–H groups in total. The van der Waals surface area contributed by atoms with Crippen LogP contribution in [0.25, 0.3) is 0 Å². The van der Waals surface area contributed by atoms with Crippen LogP contribution in [0.15, 0.2) is 12.7 Å². The quantitative estimate of drug-likeness (QED) is 0.147. The number of unbranched alkanes of at least 4 members (excludes halogenated alkanes) is 1. The van der Waals surface area contributed by atoms with Gasteiger partial charge in [-0.05, 0) is 32.2 Å². The number of hydrogen-bond donors (Lipinski definition) is 4. The van der Waals surface area contributed by atoms with Crippen molar-refractivity contribution >= 4 is 11.6 Å². The largest absolute Gasteiger partial charge is 0.314 e. The second-order valence-corrected chi connectivity index (χ2v) is 6.01. The zero-order chi connectivity index (χ0) is 14.5. The van der Waals surface area contributed by atoms with Crippen molar-refractivity contribution in [3.05, 3.63) is 12.7 Å². The molecule has 1 saturated carbocycles. The van der Waals surface area contributed by atoms with Gasteiger partial charge in [-0.15, -0.1) is 18.2 Å².